The average Bonchev–Trinajstić information content (AvgIpc) is 3.28. The fraction of sp³-hybridized carbons (Fsp3) is 0.481. The van der Waals surface area contributed by atoms with Crippen molar-refractivity contribution < 1.29 is 26.7 Å². The first-order chi connectivity index (χ1) is 18.3. The summed E-state index contributed by atoms with van der Waals surface area (Å²) in [5.41, 5.74) is 0.682. The molecule has 0 bridgehead atoms. The molecule has 210 valence electrons. The summed E-state index contributed by atoms with van der Waals surface area (Å²) in [7, 11) is 0. The van der Waals surface area contributed by atoms with Gasteiger partial charge in [0.1, 0.15) is 11.5 Å². The summed E-state index contributed by atoms with van der Waals surface area (Å²) in [5.74, 6) is -4.12. The van der Waals surface area contributed by atoms with Crippen molar-refractivity contribution in [2.45, 2.75) is 64.6 Å². The van der Waals surface area contributed by atoms with Gasteiger partial charge in [-0.25, -0.2) is 18.8 Å². The Morgan fingerprint density at radius 2 is 1.95 bits per heavy atom. The van der Waals surface area contributed by atoms with Crippen molar-refractivity contribution in [1.29, 1.82) is 0 Å². The zero-order chi connectivity index (χ0) is 28.4. The average molecular weight is 568 g/mol. The molecule has 1 fully saturated rings. The number of rotatable bonds is 5. The van der Waals surface area contributed by atoms with E-state index in [0.29, 0.717) is 28.4 Å². The van der Waals surface area contributed by atoms with Crippen LogP contribution in [0.4, 0.5) is 22.0 Å². The molecule has 2 aromatic heterocycles. The van der Waals surface area contributed by atoms with Crippen LogP contribution >= 0.6 is 11.3 Å². The molecule has 6 nitrogen and oxygen atoms in total. The van der Waals surface area contributed by atoms with Crippen LogP contribution in [0.3, 0.4) is 0 Å². The Kier molecular flexibility index (Phi) is 8.53. The highest BCUT2D eigenvalue weighted by Crippen LogP contribution is 2.37. The van der Waals surface area contributed by atoms with Crippen molar-refractivity contribution >= 4 is 23.5 Å². The van der Waals surface area contributed by atoms with E-state index in [1.807, 2.05) is 13.0 Å². The predicted octanol–water partition coefficient (Wildman–Crippen LogP) is 6.48. The number of piperidine rings is 1. The molecule has 1 N–H and O–H groups in total. The smallest absolute Gasteiger partial charge is 0.368 e. The maximum absolute atomic E-state index is 14.7. The van der Waals surface area contributed by atoms with Gasteiger partial charge < -0.3 is 10.2 Å². The Morgan fingerprint density at radius 3 is 2.64 bits per heavy atom. The van der Waals surface area contributed by atoms with E-state index < -0.39 is 48.5 Å². The number of halogens is 5. The molecule has 0 aromatic carbocycles. The van der Waals surface area contributed by atoms with Gasteiger partial charge in [-0.2, -0.15) is 13.2 Å². The number of carbonyl (C=O) groups excluding carboxylic acids is 1. The van der Waals surface area contributed by atoms with Crippen LogP contribution in [0.5, 0.6) is 0 Å². The van der Waals surface area contributed by atoms with Crippen LogP contribution in [0, 0.1) is 19.8 Å². The molecule has 4 heterocycles. The predicted molar refractivity (Wildman–Crippen MR) is 141 cm³/mol. The second kappa shape index (κ2) is 11.5. The number of pyridine rings is 1. The van der Waals surface area contributed by atoms with E-state index in [2.05, 4.69) is 20.3 Å². The molecule has 2 aromatic rings. The molecule has 0 radical (unpaired) electrons. The van der Waals surface area contributed by atoms with Crippen LogP contribution < -0.4 is 5.32 Å². The summed E-state index contributed by atoms with van der Waals surface area (Å²) in [6, 6.07) is 2.94. The fourth-order valence-electron chi connectivity index (χ4n) is 4.74. The number of aryl methyl sites for hydroxylation is 2. The number of likely N-dealkylation sites (tertiary alicyclic amines) is 1. The van der Waals surface area contributed by atoms with Gasteiger partial charge in [0, 0.05) is 25.4 Å². The second-order valence-electron chi connectivity index (χ2n) is 9.99. The van der Waals surface area contributed by atoms with Crippen LogP contribution in [-0.2, 0) is 0 Å². The number of nitrogens with zero attached hydrogens (tertiary/aromatic N) is 4. The number of hydrogen-bond acceptors (Lipinski definition) is 6. The van der Waals surface area contributed by atoms with Gasteiger partial charge in [-0.3, -0.25) is 9.78 Å². The van der Waals surface area contributed by atoms with E-state index >= 15 is 0 Å². The quantitative estimate of drug-likeness (QED) is 0.420. The minimum Gasteiger partial charge on any atom is -0.368 e. The number of carbonyl (C=O) groups is 1. The number of thiazole rings is 1. The van der Waals surface area contributed by atoms with Crippen LogP contribution in [0.15, 0.2) is 46.9 Å². The van der Waals surface area contributed by atoms with Gasteiger partial charge in [0.25, 0.3) is 11.8 Å². The SMILES string of the molecule is Cc1ccc(-c2sc(C)nc2C(=O)N2CC(F)(F)C[C@@H](C)C2CNC2=CCCC/C=C(\C(F)(F)F)C=N2)nc1. The largest absolute Gasteiger partial charge is 0.417 e. The van der Waals surface area contributed by atoms with Crippen LogP contribution in [0.1, 0.15) is 53.7 Å². The maximum Gasteiger partial charge on any atom is 0.417 e. The van der Waals surface area contributed by atoms with E-state index in [-0.39, 0.29) is 24.5 Å². The lowest BCUT2D eigenvalue weighted by atomic mass is 9.88. The van der Waals surface area contributed by atoms with E-state index in [4.69, 9.17) is 0 Å². The Bertz CT molecular complexity index is 1280. The van der Waals surface area contributed by atoms with Crippen molar-refractivity contribution in [2.24, 2.45) is 10.9 Å². The summed E-state index contributed by atoms with van der Waals surface area (Å²) < 4.78 is 69.3. The van der Waals surface area contributed by atoms with Crippen molar-refractivity contribution in [3.05, 3.63) is 58.1 Å². The molecule has 1 saturated heterocycles. The highest BCUT2D eigenvalue weighted by molar-refractivity contribution is 7.15. The molecular formula is C27H30F5N5OS. The van der Waals surface area contributed by atoms with Gasteiger partial charge in [0.05, 0.1) is 33.7 Å². The van der Waals surface area contributed by atoms with Crippen LogP contribution in [0.25, 0.3) is 10.6 Å². The minimum atomic E-state index is -4.53. The third-order valence-electron chi connectivity index (χ3n) is 6.69. The first-order valence-electron chi connectivity index (χ1n) is 12.7. The van der Waals surface area contributed by atoms with E-state index in [1.165, 1.54) is 11.3 Å². The lowest BCUT2D eigenvalue weighted by molar-refractivity contribution is -0.0913. The van der Waals surface area contributed by atoms with Gasteiger partial charge in [0.15, 0.2) is 0 Å². The number of alkyl halides is 5. The molecule has 39 heavy (non-hydrogen) atoms. The summed E-state index contributed by atoms with van der Waals surface area (Å²) in [4.78, 5) is 28.2. The Morgan fingerprint density at radius 1 is 1.21 bits per heavy atom. The van der Waals surface area contributed by atoms with E-state index in [9.17, 15) is 26.7 Å². The molecule has 12 heteroatoms. The number of aromatic nitrogens is 2. The molecule has 0 saturated carbocycles. The zero-order valence-electron chi connectivity index (χ0n) is 21.9. The molecule has 2 aliphatic heterocycles. The van der Waals surface area contributed by atoms with Crippen molar-refractivity contribution in [1.82, 2.24) is 20.2 Å². The maximum atomic E-state index is 14.7. The van der Waals surface area contributed by atoms with Crippen molar-refractivity contribution in [2.75, 3.05) is 13.1 Å². The second-order valence-corrected chi connectivity index (χ2v) is 11.2. The molecule has 0 spiro atoms. The summed E-state index contributed by atoms with van der Waals surface area (Å²) >= 11 is 1.26. The molecular weight excluding hydrogens is 537 g/mol. The summed E-state index contributed by atoms with van der Waals surface area (Å²) in [5, 5.41) is 3.61. The topological polar surface area (TPSA) is 70.5 Å². The third-order valence-corrected chi connectivity index (χ3v) is 7.69. The lowest BCUT2D eigenvalue weighted by Crippen LogP contribution is -2.58. The summed E-state index contributed by atoms with van der Waals surface area (Å²) in [6.45, 7) is 4.51. The Balaban J connectivity index is 1.60. The van der Waals surface area contributed by atoms with Gasteiger partial charge in [-0.15, -0.1) is 11.3 Å². The van der Waals surface area contributed by atoms with Gasteiger partial charge >= 0.3 is 6.18 Å². The highest BCUT2D eigenvalue weighted by atomic mass is 32.1. The number of nitrogens with one attached hydrogen (secondary N) is 1. The number of amides is 1. The Labute approximate surface area is 227 Å². The fourth-order valence-corrected chi connectivity index (χ4v) is 5.62. The lowest BCUT2D eigenvalue weighted by Gasteiger charge is -2.43. The van der Waals surface area contributed by atoms with E-state index in [1.54, 1.807) is 32.2 Å². The molecule has 2 atom stereocenters. The molecule has 4 rings (SSSR count). The van der Waals surface area contributed by atoms with Gasteiger partial charge in [-0.1, -0.05) is 19.1 Å². The Hall–Kier alpha value is -3.15. The van der Waals surface area contributed by atoms with Gasteiger partial charge in [0.2, 0.25) is 0 Å². The number of allylic oxidation sites excluding steroid dienone is 3. The number of hydrogen-bond donors (Lipinski definition) is 1. The third kappa shape index (κ3) is 7.09. The van der Waals surface area contributed by atoms with Crippen LogP contribution in [-0.4, -0.2) is 58.2 Å². The van der Waals surface area contributed by atoms with Crippen molar-refractivity contribution in [3.8, 4) is 10.6 Å². The summed E-state index contributed by atoms with van der Waals surface area (Å²) in [6.07, 6.45) is 1.53. The first kappa shape index (κ1) is 28.8. The minimum absolute atomic E-state index is 0.0401. The van der Waals surface area contributed by atoms with Crippen LogP contribution in [0.2, 0.25) is 0 Å². The standard InChI is InChI=1S/C27H30F5N5OS/c1-16-9-10-20(33-12-16)24-23(36-18(3)39-24)25(38)37-15-26(28,29)11-17(2)21(37)14-35-22-8-6-4-5-7-19(13-34-22)27(30,31)32/h7-10,12-13,17,21,35H,4-6,11,14-15H2,1-3H3/b19-7-,22-8?,34-13?/t17-,21?/m1/s1. The number of aliphatic imine (C=N–C) groups is 1. The first-order valence-corrected chi connectivity index (χ1v) is 13.5. The zero-order valence-corrected chi connectivity index (χ0v) is 22.7. The van der Waals surface area contributed by atoms with Crippen molar-refractivity contribution in [3.63, 3.8) is 0 Å². The molecule has 1 amide bonds. The normalized spacial score (nSPS) is 23.2. The molecule has 2 aliphatic rings. The molecule has 0 aliphatic carbocycles. The monoisotopic (exact) mass is 567 g/mol. The highest BCUT2D eigenvalue weighted by Gasteiger charge is 2.47. The van der Waals surface area contributed by atoms with E-state index in [0.717, 1.165) is 22.8 Å². The van der Waals surface area contributed by atoms with Gasteiger partial charge in [-0.05, 0) is 56.7 Å². The molecule has 1 unspecified atom stereocenters.